The molecule has 1 unspecified atom stereocenters. The van der Waals surface area contributed by atoms with Gasteiger partial charge in [0, 0.05) is 24.5 Å². The topological polar surface area (TPSA) is 29.9 Å². The molecule has 0 saturated heterocycles. The van der Waals surface area contributed by atoms with Gasteiger partial charge in [-0.25, -0.2) is 0 Å². The van der Waals surface area contributed by atoms with Crippen LogP contribution in [0.4, 0.5) is 18.9 Å². The number of alkyl halides is 3. The molecule has 3 nitrogen and oxygen atoms in total. The normalized spacial score (nSPS) is 13.3. The fourth-order valence-corrected chi connectivity index (χ4v) is 2.39. The first kappa shape index (κ1) is 15.4. The molecule has 1 atom stereocenters. The molecule has 0 aliphatic heterocycles. The van der Waals surface area contributed by atoms with Crippen molar-refractivity contribution in [2.24, 2.45) is 7.05 Å². The van der Waals surface area contributed by atoms with Crippen molar-refractivity contribution >= 4 is 5.69 Å². The van der Waals surface area contributed by atoms with Gasteiger partial charge >= 0.3 is 6.18 Å². The number of aryl methyl sites for hydroxylation is 3. The van der Waals surface area contributed by atoms with Gasteiger partial charge < -0.3 is 5.32 Å². The molecule has 1 heterocycles. The summed E-state index contributed by atoms with van der Waals surface area (Å²) in [7, 11) is 1.82. The zero-order chi connectivity index (χ0) is 15.8. The molecule has 114 valence electrons. The van der Waals surface area contributed by atoms with E-state index in [9.17, 15) is 13.2 Å². The lowest BCUT2D eigenvalue weighted by Gasteiger charge is -2.17. The monoisotopic (exact) mass is 297 g/mol. The van der Waals surface area contributed by atoms with Gasteiger partial charge in [0.15, 0.2) is 0 Å². The van der Waals surface area contributed by atoms with Crippen LogP contribution < -0.4 is 5.32 Å². The fraction of sp³-hybridized carbons (Fsp3) is 0.400. The molecule has 21 heavy (non-hydrogen) atoms. The summed E-state index contributed by atoms with van der Waals surface area (Å²) in [6.45, 7) is 5.24. The summed E-state index contributed by atoms with van der Waals surface area (Å²) in [4.78, 5) is 0. The molecular weight excluding hydrogens is 279 g/mol. The number of anilines is 1. The third-order valence-electron chi connectivity index (χ3n) is 3.44. The minimum Gasteiger partial charge on any atom is -0.378 e. The molecule has 0 radical (unpaired) electrons. The predicted octanol–water partition coefficient (Wildman–Crippen LogP) is 4.23. The molecule has 1 aromatic carbocycles. The van der Waals surface area contributed by atoms with Crippen molar-refractivity contribution < 1.29 is 13.2 Å². The molecule has 1 aromatic heterocycles. The Hall–Kier alpha value is -1.98. The van der Waals surface area contributed by atoms with Crippen LogP contribution in [0, 0.1) is 13.8 Å². The Bertz CT molecular complexity index is 644. The largest absolute Gasteiger partial charge is 0.416 e. The number of nitrogens with one attached hydrogen (secondary N) is 1. The average molecular weight is 297 g/mol. The zero-order valence-electron chi connectivity index (χ0n) is 12.4. The minimum absolute atomic E-state index is 0.123. The Morgan fingerprint density at radius 3 is 2.43 bits per heavy atom. The lowest BCUT2D eigenvalue weighted by Crippen LogP contribution is -2.11. The molecule has 0 amide bonds. The Morgan fingerprint density at radius 1 is 1.24 bits per heavy atom. The first-order valence-corrected chi connectivity index (χ1v) is 6.63. The quantitative estimate of drug-likeness (QED) is 0.919. The van der Waals surface area contributed by atoms with E-state index in [-0.39, 0.29) is 11.6 Å². The van der Waals surface area contributed by atoms with Crippen LogP contribution in [0.5, 0.6) is 0 Å². The van der Waals surface area contributed by atoms with Crippen molar-refractivity contribution in [3.8, 4) is 0 Å². The molecule has 1 N–H and O–H groups in total. The zero-order valence-corrected chi connectivity index (χ0v) is 12.4. The number of aromatic nitrogens is 2. The predicted molar refractivity (Wildman–Crippen MR) is 76.2 cm³/mol. The highest BCUT2D eigenvalue weighted by atomic mass is 19.4. The van der Waals surface area contributed by atoms with Crippen LogP contribution in [0.2, 0.25) is 0 Å². The number of halogens is 3. The molecule has 0 saturated carbocycles. The van der Waals surface area contributed by atoms with Gasteiger partial charge in [0.2, 0.25) is 0 Å². The SMILES string of the molecule is Cc1ccc(NC(C)c2cn(C)nc2C)cc1C(F)(F)F. The standard InChI is InChI=1S/C15H18F3N3/c1-9-5-6-12(7-14(9)15(16,17)18)19-10(2)13-8-21(4)20-11(13)3/h5-8,10,19H,1-4H3. The van der Waals surface area contributed by atoms with Crippen molar-refractivity contribution in [2.75, 3.05) is 5.32 Å². The summed E-state index contributed by atoms with van der Waals surface area (Å²) in [5, 5.41) is 7.34. The second-order valence-electron chi connectivity index (χ2n) is 5.24. The first-order valence-electron chi connectivity index (χ1n) is 6.63. The Kier molecular flexibility index (Phi) is 3.98. The van der Waals surface area contributed by atoms with Gasteiger partial charge in [0.25, 0.3) is 0 Å². The summed E-state index contributed by atoms with van der Waals surface area (Å²) in [5.74, 6) is 0. The lowest BCUT2D eigenvalue weighted by atomic mass is 10.1. The van der Waals surface area contributed by atoms with Crippen LogP contribution in [0.3, 0.4) is 0 Å². The van der Waals surface area contributed by atoms with Gasteiger partial charge in [-0.3, -0.25) is 4.68 Å². The molecule has 6 heteroatoms. The van der Waals surface area contributed by atoms with E-state index in [0.29, 0.717) is 5.69 Å². The van der Waals surface area contributed by atoms with E-state index in [1.807, 2.05) is 27.1 Å². The van der Waals surface area contributed by atoms with E-state index in [1.54, 1.807) is 10.7 Å². The molecule has 0 spiro atoms. The van der Waals surface area contributed by atoms with Crippen molar-refractivity contribution in [3.63, 3.8) is 0 Å². The van der Waals surface area contributed by atoms with Crippen molar-refractivity contribution in [1.82, 2.24) is 9.78 Å². The summed E-state index contributed by atoms with van der Waals surface area (Å²) in [6.07, 6.45) is -2.47. The van der Waals surface area contributed by atoms with E-state index >= 15 is 0 Å². The second-order valence-corrected chi connectivity index (χ2v) is 5.24. The number of rotatable bonds is 3. The highest BCUT2D eigenvalue weighted by Gasteiger charge is 2.32. The van der Waals surface area contributed by atoms with Crippen LogP contribution in [-0.2, 0) is 13.2 Å². The molecule has 0 bridgehead atoms. The van der Waals surface area contributed by atoms with Gasteiger partial charge in [0.1, 0.15) is 0 Å². The minimum atomic E-state index is -4.34. The molecule has 0 fully saturated rings. The van der Waals surface area contributed by atoms with Crippen molar-refractivity contribution in [1.29, 1.82) is 0 Å². The van der Waals surface area contributed by atoms with E-state index < -0.39 is 11.7 Å². The Balaban J connectivity index is 2.26. The van der Waals surface area contributed by atoms with E-state index in [1.165, 1.54) is 13.0 Å². The van der Waals surface area contributed by atoms with Gasteiger partial charge in [-0.05, 0) is 38.5 Å². The highest BCUT2D eigenvalue weighted by molar-refractivity contribution is 5.51. The maximum atomic E-state index is 12.9. The van der Waals surface area contributed by atoms with Gasteiger partial charge in [-0.1, -0.05) is 6.07 Å². The maximum absolute atomic E-state index is 12.9. The lowest BCUT2D eigenvalue weighted by molar-refractivity contribution is -0.138. The third kappa shape index (κ3) is 3.37. The third-order valence-corrected chi connectivity index (χ3v) is 3.44. The van der Waals surface area contributed by atoms with E-state index in [2.05, 4.69) is 10.4 Å². The summed E-state index contributed by atoms with van der Waals surface area (Å²) >= 11 is 0. The summed E-state index contributed by atoms with van der Waals surface area (Å²) < 4.78 is 40.4. The summed E-state index contributed by atoms with van der Waals surface area (Å²) in [5.41, 5.74) is 1.89. The Morgan fingerprint density at radius 2 is 1.90 bits per heavy atom. The van der Waals surface area contributed by atoms with Crippen LogP contribution in [0.1, 0.15) is 35.3 Å². The second kappa shape index (κ2) is 5.42. The smallest absolute Gasteiger partial charge is 0.378 e. The molecule has 0 aliphatic rings. The van der Waals surface area contributed by atoms with Gasteiger partial charge in [-0.15, -0.1) is 0 Å². The summed E-state index contributed by atoms with van der Waals surface area (Å²) in [6, 6.07) is 4.17. The van der Waals surface area contributed by atoms with E-state index in [4.69, 9.17) is 0 Å². The van der Waals surface area contributed by atoms with Crippen LogP contribution in [-0.4, -0.2) is 9.78 Å². The van der Waals surface area contributed by atoms with Crippen molar-refractivity contribution in [2.45, 2.75) is 33.0 Å². The Labute approximate surface area is 121 Å². The average Bonchev–Trinajstić information content (AvgIpc) is 2.69. The number of nitrogens with zero attached hydrogens (tertiary/aromatic N) is 2. The molecule has 2 rings (SSSR count). The van der Waals surface area contributed by atoms with Gasteiger partial charge in [-0.2, -0.15) is 18.3 Å². The first-order chi connectivity index (χ1) is 9.68. The van der Waals surface area contributed by atoms with Gasteiger partial charge in [0.05, 0.1) is 17.3 Å². The van der Waals surface area contributed by atoms with Crippen LogP contribution >= 0.6 is 0 Å². The highest BCUT2D eigenvalue weighted by Crippen LogP contribution is 2.34. The number of benzene rings is 1. The number of hydrogen-bond acceptors (Lipinski definition) is 2. The number of hydrogen-bond donors (Lipinski definition) is 1. The maximum Gasteiger partial charge on any atom is 0.416 e. The molecular formula is C15H18F3N3. The van der Waals surface area contributed by atoms with Crippen molar-refractivity contribution in [3.05, 3.63) is 46.8 Å². The van der Waals surface area contributed by atoms with Crippen LogP contribution in [0.25, 0.3) is 0 Å². The van der Waals surface area contributed by atoms with E-state index in [0.717, 1.165) is 17.3 Å². The molecule has 2 aromatic rings. The molecule has 0 aliphatic carbocycles. The fourth-order valence-electron chi connectivity index (χ4n) is 2.39. The van der Waals surface area contributed by atoms with Crippen LogP contribution in [0.15, 0.2) is 24.4 Å².